The van der Waals surface area contributed by atoms with Crippen molar-refractivity contribution in [3.05, 3.63) is 0 Å². The third-order valence-corrected chi connectivity index (χ3v) is 2.34. The van der Waals surface area contributed by atoms with Crippen molar-refractivity contribution in [2.45, 2.75) is 11.0 Å². The third kappa shape index (κ3) is 2.39. The fourth-order valence-electron chi connectivity index (χ4n) is 0.933. The topological polar surface area (TPSA) is 12.5 Å². The molecule has 0 radical (unpaired) electrons. The molecule has 0 aromatic carbocycles. The molecular formula is C6H12INO. The van der Waals surface area contributed by atoms with Gasteiger partial charge in [0.05, 0.1) is 17.3 Å². The summed E-state index contributed by atoms with van der Waals surface area (Å²) in [5.41, 5.74) is 0. The summed E-state index contributed by atoms with van der Waals surface area (Å²) in [5, 5.41) is 0. The lowest BCUT2D eigenvalue weighted by Gasteiger charge is -2.28. The fraction of sp³-hybridized carbons (Fsp3) is 1.00. The minimum atomic E-state index is 0.659. The van der Waals surface area contributed by atoms with E-state index in [1.165, 1.54) is 0 Å². The molecule has 1 saturated heterocycles. The Bertz CT molecular complexity index is 81.1. The molecule has 54 valence electrons. The number of ether oxygens (including phenoxy) is 1. The van der Waals surface area contributed by atoms with Crippen LogP contribution in [0.25, 0.3) is 0 Å². The zero-order chi connectivity index (χ0) is 6.69. The van der Waals surface area contributed by atoms with Gasteiger partial charge in [0.2, 0.25) is 0 Å². The summed E-state index contributed by atoms with van der Waals surface area (Å²) in [4.78, 5) is 2.42. The minimum Gasteiger partial charge on any atom is -0.379 e. The lowest BCUT2D eigenvalue weighted by molar-refractivity contribution is 0.0375. The van der Waals surface area contributed by atoms with Gasteiger partial charge in [0.15, 0.2) is 0 Å². The van der Waals surface area contributed by atoms with Gasteiger partial charge in [0.1, 0.15) is 0 Å². The van der Waals surface area contributed by atoms with Crippen LogP contribution in [0.4, 0.5) is 0 Å². The molecule has 0 amide bonds. The maximum Gasteiger partial charge on any atom is 0.0594 e. The zero-order valence-electron chi connectivity index (χ0n) is 5.64. The minimum absolute atomic E-state index is 0.659. The van der Waals surface area contributed by atoms with Gasteiger partial charge in [0, 0.05) is 13.1 Å². The van der Waals surface area contributed by atoms with Crippen LogP contribution in [0.2, 0.25) is 0 Å². The Morgan fingerprint density at radius 3 is 2.33 bits per heavy atom. The Balaban J connectivity index is 2.23. The van der Waals surface area contributed by atoms with Crippen molar-refractivity contribution in [1.82, 2.24) is 4.90 Å². The molecule has 0 spiro atoms. The number of hydrogen-bond acceptors (Lipinski definition) is 2. The van der Waals surface area contributed by atoms with Gasteiger partial charge in [0.25, 0.3) is 0 Å². The zero-order valence-corrected chi connectivity index (χ0v) is 7.80. The molecule has 0 bridgehead atoms. The first-order valence-electron chi connectivity index (χ1n) is 3.26. The van der Waals surface area contributed by atoms with Gasteiger partial charge < -0.3 is 4.74 Å². The molecule has 0 aromatic rings. The standard InChI is InChI=1S/C6H12INO/c1-6(7)8-2-4-9-5-3-8/h6H,2-5H2,1H3. The summed E-state index contributed by atoms with van der Waals surface area (Å²) < 4.78 is 5.86. The largest absolute Gasteiger partial charge is 0.379 e. The molecule has 1 heterocycles. The molecule has 0 N–H and O–H groups in total. The molecule has 1 rings (SSSR count). The predicted octanol–water partition coefficient (Wildman–Crippen LogP) is 1.10. The van der Waals surface area contributed by atoms with Gasteiger partial charge in [-0.05, 0) is 6.92 Å². The molecule has 1 unspecified atom stereocenters. The lowest BCUT2D eigenvalue weighted by Crippen LogP contribution is -2.39. The third-order valence-electron chi connectivity index (χ3n) is 1.55. The van der Waals surface area contributed by atoms with E-state index in [1.54, 1.807) is 0 Å². The van der Waals surface area contributed by atoms with E-state index >= 15 is 0 Å². The first kappa shape index (κ1) is 7.75. The van der Waals surface area contributed by atoms with Crippen molar-refractivity contribution >= 4 is 22.6 Å². The van der Waals surface area contributed by atoms with E-state index in [4.69, 9.17) is 4.74 Å². The van der Waals surface area contributed by atoms with E-state index in [9.17, 15) is 0 Å². The Morgan fingerprint density at radius 1 is 1.44 bits per heavy atom. The summed E-state index contributed by atoms with van der Waals surface area (Å²) >= 11 is 2.43. The first-order chi connectivity index (χ1) is 4.30. The summed E-state index contributed by atoms with van der Waals surface area (Å²) in [5.74, 6) is 0. The van der Waals surface area contributed by atoms with Crippen molar-refractivity contribution in [3.8, 4) is 0 Å². The summed E-state index contributed by atoms with van der Waals surface area (Å²) in [6, 6.07) is 0. The van der Waals surface area contributed by atoms with Crippen molar-refractivity contribution in [3.63, 3.8) is 0 Å². The number of nitrogens with zero attached hydrogens (tertiary/aromatic N) is 1. The highest BCUT2D eigenvalue weighted by molar-refractivity contribution is 14.1. The SMILES string of the molecule is CC(I)N1CCOCC1. The van der Waals surface area contributed by atoms with Gasteiger partial charge in [-0.3, -0.25) is 4.90 Å². The number of morpholine rings is 1. The summed E-state index contributed by atoms with van der Waals surface area (Å²) in [6.07, 6.45) is 0. The highest BCUT2D eigenvalue weighted by Gasteiger charge is 2.13. The van der Waals surface area contributed by atoms with Crippen LogP contribution in [0, 0.1) is 0 Å². The van der Waals surface area contributed by atoms with Gasteiger partial charge in [-0.1, -0.05) is 22.6 Å². The van der Waals surface area contributed by atoms with Crippen LogP contribution in [0.5, 0.6) is 0 Å². The number of rotatable bonds is 1. The predicted molar refractivity (Wildman–Crippen MR) is 45.9 cm³/mol. The van der Waals surface area contributed by atoms with Crippen LogP contribution >= 0.6 is 22.6 Å². The van der Waals surface area contributed by atoms with Crippen LogP contribution in [-0.4, -0.2) is 35.3 Å². The normalized spacial score (nSPS) is 26.0. The van der Waals surface area contributed by atoms with Crippen LogP contribution in [0.1, 0.15) is 6.92 Å². The van der Waals surface area contributed by atoms with E-state index in [-0.39, 0.29) is 0 Å². The maximum absolute atomic E-state index is 5.20. The second-order valence-corrected chi connectivity index (χ2v) is 4.03. The smallest absolute Gasteiger partial charge is 0.0594 e. The average molecular weight is 241 g/mol. The van der Waals surface area contributed by atoms with E-state index in [1.807, 2.05) is 0 Å². The molecule has 1 atom stereocenters. The molecule has 0 saturated carbocycles. The molecule has 1 aliphatic heterocycles. The van der Waals surface area contributed by atoms with Gasteiger partial charge >= 0.3 is 0 Å². The van der Waals surface area contributed by atoms with Crippen LogP contribution in [-0.2, 0) is 4.74 Å². The van der Waals surface area contributed by atoms with Crippen molar-refractivity contribution < 1.29 is 4.74 Å². The first-order valence-corrected chi connectivity index (χ1v) is 4.51. The second kappa shape index (κ2) is 3.73. The molecule has 3 heteroatoms. The van der Waals surface area contributed by atoms with E-state index in [0.29, 0.717) is 4.05 Å². The Kier molecular flexibility index (Phi) is 3.21. The van der Waals surface area contributed by atoms with Crippen LogP contribution in [0.15, 0.2) is 0 Å². The van der Waals surface area contributed by atoms with Gasteiger partial charge in [-0.15, -0.1) is 0 Å². The quantitative estimate of drug-likeness (QED) is 0.387. The van der Waals surface area contributed by atoms with Crippen LogP contribution < -0.4 is 0 Å². The molecular weight excluding hydrogens is 229 g/mol. The molecule has 0 aromatic heterocycles. The highest BCUT2D eigenvalue weighted by Crippen LogP contribution is 2.08. The van der Waals surface area contributed by atoms with Gasteiger partial charge in [-0.25, -0.2) is 0 Å². The average Bonchev–Trinajstić information content (AvgIpc) is 1.90. The molecule has 9 heavy (non-hydrogen) atoms. The summed E-state index contributed by atoms with van der Waals surface area (Å²) in [7, 11) is 0. The summed E-state index contributed by atoms with van der Waals surface area (Å²) in [6.45, 7) is 6.24. The maximum atomic E-state index is 5.20. The fourth-order valence-corrected chi connectivity index (χ4v) is 1.49. The van der Waals surface area contributed by atoms with Gasteiger partial charge in [-0.2, -0.15) is 0 Å². The number of alkyl halides is 1. The molecule has 1 aliphatic rings. The van der Waals surface area contributed by atoms with Crippen molar-refractivity contribution in [1.29, 1.82) is 0 Å². The molecule has 0 aliphatic carbocycles. The molecule has 1 fully saturated rings. The Morgan fingerprint density at radius 2 is 2.00 bits per heavy atom. The van der Waals surface area contributed by atoms with E-state index in [0.717, 1.165) is 26.3 Å². The number of hydrogen-bond donors (Lipinski definition) is 0. The highest BCUT2D eigenvalue weighted by atomic mass is 127. The van der Waals surface area contributed by atoms with Crippen LogP contribution in [0.3, 0.4) is 0 Å². The van der Waals surface area contributed by atoms with Crippen molar-refractivity contribution in [2.24, 2.45) is 0 Å². The van der Waals surface area contributed by atoms with E-state index in [2.05, 4.69) is 34.4 Å². The molecule has 2 nitrogen and oxygen atoms in total. The lowest BCUT2D eigenvalue weighted by atomic mass is 10.4. The van der Waals surface area contributed by atoms with Crippen molar-refractivity contribution in [2.75, 3.05) is 26.3 Å². The monoisotopic (exact) mass is 241 g/mol. The Hall–Kier alpha value is 0.650. The second-order valence-electron chi connectivity index (χ2n) is 2.22. The van der Waals surface area contributed by atoms with E-state index < -0.39 is 0 Å². The number of halogens is 1. The Labute approximate surface area is 69.7 Å².